The number of nitrogens with one attached hydrogen (secondary N) is 1. The first kappa shape index (κ1) is 21.7. The number of rotatable bonds is 6. The maximum absolute atomic E-state index is 13.4. The fourth-order valence-electron chi connectivity index (χ4n) is 5.91. The normalized spacial score (nSPS) is 18.0. The highest BCUT2D eigenvalue weighted by atomic mass is 16.5. The van der Waals surface area contributed by atoms with Gasteiger partial charge in [-0.15, -0.1) is 0 Å². The van der Waals surface area contributed by atoms with Gasteiger partial charge in [-0.2, -0.15) is 0 Å². The number of fused-ring (bicyclic) bond motifs is 1. The van der Waals surface area contributed by atoms with Gasteiger partial charge in [-0.05, 0) is 55.9 Å². The third kappa shape index (κ3) is 4.14. The summed E-state index contributed by atoms with van der Waals surface area (Å²) in [5.41, 5.74) is 3.09. The third-order valence-electron chi connectivity index (χ3n) is 7.54. The first-order chi connectivity index (χ1) is 16.1. The predicted octanol–water partition coefficient (Wildman–Crippen LogP) is 5.11. The summed E-state index contributed by atoms with van der Waals surface area (Å²) in [6.45, 7) is 0.225. The molecular weight excluding hydrogens is 414 g/mol. The molecule has 6 nitrogen and oxygen atoms in total. The van der Waals surface area contributed by atoms with Crippen molar-refractivity contribution in [2.45, 2.75) is 63.5 Å². The molecular formula is C27H31N3O3. The van der Waals surface area contributed by atoms with E-state index in [-0.39, 0.29) is 24.0 Å². The molecule has 0 aliphatic heterocycles. The smallest absolute Gasteiger partial charge is 0.337 e. The second kappa shape index (κ2) is 9.00. The van der Waals surface area contributed by atoms with Gasteiger partial charge < -0.3 is 14.6 Å². The van der Waals surface area contributed by atoms with Crippen LogP contribution in [0.5, 0.6) is 0 Å². The van der Waals surface area contributed by atoms with E-state index in [1.54, 1.807) is 12.1 Å². The van der Waals surface area contributed by atoms with Crippen LogP contribution >= 0.6 is 0 Å². The van der Waals surface area contributed by atoms with E-state index in [4.69, 9.17) is 9.72 Å². The Labute approximate surface area is 194 Å². The molecule has 0 saturated heterocycles. The summed E-state index contributed by atoms with van der Waals surface area (Å²) in [6.07, 6.45) is 9.59. The summed E-state index contributed by atoms with van der Waals surface area (Å²) >= 11 is 0. The molecule has 33 heavy (non-hydrogen) atoms. The summed E-state index contributed by atoms with van der Waals surface area (Å²) in [5.74, 6) is 1.01. The highest BCUT2D eigenvalue weighted by molar-refractivity contribution is 5.90. The van der Waals surface area contributed by atoms with Crippen LogP contribution < -0.4 is 5.32 Å². The maximum atomic E-state index is 13.4. The van der Waals surface area contributed by atoms with Crippen molar-refractivity contribution in [2.24, 2.45) is 5.92 Å². The van der Waals surface area contributed by atoms with Crippen molar-refractivity contribution in [1.29, 1.82) is 0 Å². The van der Waals surface area contributed by atoms with Crippen LogP contribution in [0, 0.1) is 5.92 Å². The molecule has 2 aliphatic rings. The number of aromatic nitrogens is 2. The van der Waals surface area contributed by atoms with E-state index in [9.17, 15) is 9.59 Å². The lowest BCUT2D eigenvalue weighted by Crippen LogP contribution is -2.52. The SMILES string of the molecule is COC(=O)c1ccc(-c2nc3ccccc3n2CC(=O)NC2(C3CCCC3)CCCC2)cc1. The number of imidazole rings is 1. The van der Waals surface area contributed by atoms with Crippen LogP contribution in [0.1, 0.15) is 61.7 Å². The molecule has 0 bridgehead atoms. The fourth-order valence-corrected chi connectivity index (χ4v) is 5.91. The summed E-state index contributed by atoms with van der Waals surface area (Å²) in [6, 6.07) is 15.1. The van der Waals surface area contributed by atoms with E-state index in [1.165, 1.54) is 45.6 Å². The van der Waals surface area contributed by atoms with Gasteiger partial charge in [0.05, 0.1) is 23.7 Å². The van der Waals surface area contributed by atoms with E-state index in [1.807, 2.05) is 41.0 Å². The van der Waals surface area contributed by atoms with Crippen molar-refractivity contribution < 1.29 is 14.3 Å². The number of nitrogens with zero attached hydrogens (tertiary/aromatic N) is 2. The topological polar surface area (TPSA) is 73.2 Å². The van der Waals surface area contributed by atoms with Crippen LogP contribution in [0.4, 0.5) is 0 Å². The molecule has 3 aromatic rings. The lowest BCUT2D eigenvalue weighted by Gasteiger charge is -2.36. The Kier molecular flexibility index (Phi) is 5.92. The van der Waals surface area contributed by atoms with Gasteiger partial charge in [0.2, 0.25) is 5.91 Å². The maximum Gasteiger partial charge on any atom is 0.337 e. The summed E-state index contributed by atoms with van der Waals surface area (Å²) < 4.78 is 6.80. The zero-order valence-corrected chi connectivity index (χ0v) is 19.2. The minimum absolute atomic E-state index is 0.0354. The number of esters is 1. The van der Waals surface area contributed by atoms with Crippen molar-refractivity contribution in [3.8, 4) is 11.4 Å². The Morgan fingerprint density at radius 2 is 1.73 bits per heavy atom. The minimum atomic E-state index is -0.372. The number of hydrogen-bond donors (Lipinski definition) is 1. The van der Waals surface area contributed by atoms with Gasteiger partial charge >= 0.3 is 5.97 Å². The third-order valence-corrected chi connectivity index (χ3v) is 7.54. The highest BCUT2D eigenvalue weighted by Gasteiger charge is 2.43. The first-order valence-electron chi connectivity index (χ1n) is 12.0. The van der Waals surface area contributed by atoms with Crippen LogP contribution in [-0.4, -0.2) is 34.1 Å². The zero-order chi connectivity index (χ0) is 22.8. The molecule has 0 spiro atoms. The number of para-hydroxylation sites is 2. The van der Waals surface area contributed by atoms with E-state index in [0.29, 0.717) is 11.5 Å². The van der Waals surface area contributed by atoms with Crippen LogP contribution in [-0.2, 0) is 16.1 Å². The molecule has 6 heteroatoms. The summed E-state index contributed by atoms with van der Waals surface area (Å²) in [4.78, 5) is 30.1. The Bertz CT molecular complexity index is 1150. The quantitative estimate of drug-likeness (QED) is 0.535. The van der Waals surface area contributed by atoms with Gasteiger partial charge in [0.1, 0.15) is 12.4 Å². The van der Waals surface area contributed by atoms with Gasteiger partial charge in [0.15, 0.2) is 0 Å². The summed E-state index contributed by atoms with van der Waals surface area (Å²) in [5, 5.41) is 3.50. The van der Waals surface area contributed by atoms with Gasteiger partial charge in [-0.3, -0.25) is 4.79 Å². The lowest BCUT2D eigenvalue weighted by atomic mass is 9.81. The minimum Gasteiger partial charge on any atom is -0.465 e. The average molecular weight is 446 g/mol. The van der Waals surface area contributed by atoms with Crippen LogP contribution in [0.3, 0.4) is 0 Å². The monoisotopic (exact) mass is 445 g/mol. The number of carbonyl (C=O) groups excluding carboxylic acids is 2. The van der Waals surface area contributed by atoms with Crippen molar-refractivity contribution in [1.82, 2.24) is 14.9 Å². The van der Waals surface area contributed by atoms with Crippen LogP contribution in [0.25, 0.3) is 22.4 Å². The number of carbonyl (C=O) groups is 2. The molecule has 2 aromatic carbocycles. The van der Waals surface area contributed by atoms with E-state index in [2.05, 4.69) is 5.32 Å². The van der Waals surface area contributed by atoms with E-state index < -0.39 is 0 Å². The van der Waals surface area contributed by atoms with Gasteiger partial charge in [-0.1, -0.05) is 49.9 Å². The van der Waals surface area contributed by atoms with Gasteiger partial charge in [0.25, 0.3) is 0 Å². The first-order valence-corrected chi connectivity index (χ1v) is 12.0. The Hall–Kier alpha value is -3.15. The molecule has 0 radical (unpaired) electrons. The number of methoxy groups -OCH3 is 1. The molecule has 1 N–H and O–H groups in total. The number of benzene rings is 2. The molecule has 2 saturated carbocycles. The molecule has 2 aliphatic carbocycles. The molecule has 1 heterocycles. The Balaban J connectivity index is 1.45. The van der Waals surface area contributed by atoms with Crippen LogP contribution in [0.15, 0.2) is 48.5 Å². The number of ether oxygens (including phenoxy) is 1. The van der Waals surface area contributed by atoms with Gasteiger partial charge in [-0.25, -0.2) is 9.78 Å². The highest BCUT2D eigenvalue weighted by Crippen LogP contribution is 2.43. The summed E-state index contributed by atoms with van der Waals surface area (Å²) in [7, 11) is 1.37. The molecule has 172 valence electrons. The number of hydrogen-bond acceptors (Lipinski definition) is 4. The Morgan fingerprint density at radius 3 is 2.42 bits per heavy atom. The van der Waals surface area contributed by atoms with Crippen molar-refractivity contribution in [2.75, 3.05) is 7.11 Å². The standard InChI is InChI=1S/C27H31N3O3/c1-33-26(32)20-14-12-19(13-15-20)25-28-22-10-4-5-11-23(22)30(25)18-24(31)29-27(16-6-7-17-27)21-8-2-3-9-21/h4-5,10-15,21H,2-3,6-9,16-18H2,1H3,(H,29,31). The van der Waals surface area contributed by atoms with E-state index >= 15 is 0 Å². The number of amides is 1. The predicted molar refractivity (Wildman–Crippen MR) is 128 cm³/mol. The molecule has 5 rings (SSSR count). The lowest BCUT2D eigenvalue weighted by molar-refractivity contribution is -0.124. The van der Waals surface area contributed by atoms with Crippen molar-refractivity contribution >= 4 is 22.9 Å². The second-order valence-electron chi connectivity index (χ2n) is 9.47. The second-order valence-corrected chi connectivity index (χ2v) is 9.47. The van der Waals surface area contributed by atoms with Gasteiger partial charge in [0, 0.05) is 11.1 Å². The molecule has 2 fully saturated rings. The molecule has 1 aromatic heterocycles. The van der Waals surface area contributed by atoms with Crippen LogP contribution in [0.2, 0.25) is 0 Å². The van der Waals surface area contributed by atoms with E-state index in [0.717, 1.165) is 35.3 Å². The zero-order valence-electron chi connectivity index (χ0n) is 19.2. The molecule has 0 unspecified atom stereocenters. The molecule has 0 atom stereocenters. The Morgan fingerprint density at radius 1 is 1.03 bits per heavy atom. The fraction of sp³-hybridized carbons (Fsp3) is 0.444. The van der Waals surface area contributed by atoms with Crippen molar-refractivity contribution in [3.05, 3.63) is 54.1 Å². The largest absolute Gasteiger partial charge is 0.465 e. The van der Waals surface area contributed by atoms with Crippen molar-refractivity contribution in [3.63, 3.8) is 0 Å². The molecule has 1 amide bonds. The average Bonchev–Trinajstić information content (AvgIpc) is 3.60.